The van der Waals surface area contributed by atoms with Gasteiger partial charge in [-0.3, -0.25) is 9.78 Å². The molecular weight excluding hydrogens is 320 g/mol. The number of nitrogens with zero attached hydrogens (tertiary/aromatic N) is 1. The average Bonchev–Trinajstić information content (AvgIpc) is 2.24. The largest absolute Gasteiger partial charge is 0.334 e. The van der Waals surface area contributed by atoms with Gasteiger partial charge in [-0.1, -0.05) is 27.5 Å². The second kappa shape index (κ2) is 4.74. The van der Waals surface area contributed by atoms with Gasteiger partial charge >= 0.3 is 5.69 Å². The first kappa shape index (κ1) is 13.1. The zero-order valence-corrected chi connectivity index (χ0v) is 12.1. The lowest BCUT2D eigenvalue weighted by atomic mass is 10.1. The van der Waals surface area contributed by atoms with Crippen LogP contribution in [0.1, 0.15) is 11.1 Å². The first-order valence-electron chi connectivity index (χ1n) is 5.19. The van der Waals surface area contributed by atoms with Gasteiger partial charge < -0.3 is 0 Å². The molecule has 1 aromatic heterocycles. The van der Waals surface area contributed by atoms with Crippen LogP contribution in [0.4, 0.5) is 0 Å². The molecule has 0 saturated carbocycles. The van der Waals surface area contributed by atoms with Gasteiger partial charge in [-0.05, 0) is 37.1 Å². The van der Waals surface area contributed by atoms with Crippen molar-refractivity contribution in [2.75, 3.05) is 0 Å². The Labute approximate surface area is 116 Å². The quantitative estimate of drug-likeness (QED) is 0.818. The van der Waals surface area contributed by atoms with Crippen molar-refractivity contribution in [2.45, 2.75) is 13.8 Å². The van der Waals surface area contributed by atoms with Crippen LogP contribution in [0.25, 0.3) is 5.69 Å². The Kier molecular flexibility index (Phi) is 3.45. The van der Waals surface area contributed by atoms with E-state index in [1.54, 1.807) is 12.1 Å². The molecule has 4 nitrogen and oxygen atoms in total. The summed E-state index contributed by atoms with van der Waals surface area (Å²) in [6.45, 7) is 3.80. The summed E-state index contributed by atoms with van der Waals surface area (Å²) in [5, 5.41) is 0.0341. The molecule has 1 heterocycles. The van der Waals surface area contributed by atoms with E-state index in [1.807, 2.05) is 13.8 Å². The minimum absolute atomic E-state index is 0.0341. The Morgan fingerprint density at radius 2 is 1.72 bits per heavy atom. The molecule has 0 unspecified atom stereocenters. The number of halogens is 2. The molecule has 1 aromatic carbocycles. The lowest BCUT2D eigenvalue weighted by Gasteiger charge is -2.09. The smallest absolute Gasteiger partial charge is 0.297 e. The standard InChI is InChI=1S/C12H10BrClN2O2/c1-6-3-8(4-7(2)11(6)13)16-10(17)5-9(14)15-12(16)18/h3-5H,1-2H3,(H,15,18). The van der Waals surface area contributed by atoms with Crippen molar-refractivity contribution in [2.24, 2.45) is 0 Å². The molecule has 0 aliphatic heterocycles. The third kappa shape index (κ3) is 2.28. The molecule has 0 atom stereocenters. The highest BCUT2D eigenvalue weighted by atomic mass is 79.9. The third-order valence-corrected chi connectivity index (χ3v) is 4.03. The highest BCUT2D eigenvalue weighted by molar-refractivity contribution is 9.10. The zero-order valence-electron chi connectivity index (χ0n) is 9.75. The number of aryl methyl sites for hydroxylation is 2. The van der Waals surface area contributed by atoms with Crippen LogP contribution in [0.15, 0.2) is 32.3 Å². The number of rotatable bonds is 1. The van der Waals surface area contributed by atoms with Crippen molar-refractivity contribution in [3.63, 3.8) is 0 Å². The first-order valence-corrected chi connectivity index (χ1v) is 6.36. The molecule has 0 spiro atoms. The van der Waals surface area contributed by atoms with E-state index in [1.165, 1.54) is 6.07 Å². The van der Waals surface area contributed by atoms with Gasteiger partial charge in [-0.2, -0.15) is 0 Å². The van der Waals surface area contributed by atoms with Crippen molar-refractivity contribution in [1.29, 1.82) is 0 Å². The number of nitrogens with one attached hydrogen (secondary N) is 1. The normalized spacial score (nSPS) is 10.7. The van der Waals surface area contributed by atoms with Gasteiger partial charge in [0.25, 0.3) is 5.56 Å². The Hall–Kier alpha value is -1.33. The Morgan fingerprint density at radius 1 is 1.17 bits per heavy atom. The van der Waals surface area contributed by atoms with Gasteiger partial charge in [0.1, 0.15) is 5.15 Å². The summed E-state index contributed by atoms with van der Waals surface area (Å²) in [6.07, 6.45) is 0. The number of aromatic nitrogens is 2. The average molecular weight is 330 g/mol. The Balaban J connectivity index is 2.78. The van der Waals surface area contributed by atoms with Crippen molar-refractivity contribution in [3.8, 4) is 5.69 Å². The fourth-order valence-corrected chi connectivity index (χ4v) is 2.17. The molecule has 2 aromatic rings. The van der Waals surface area contributed by atoms with E-state index in [0.29, 0.717) is 5.69 Å². The highest BCUT2D eigenvalue weighted by Gasteiger charge is 2.09. The monoisotopic (exact) mass is 328 g/mol. The second-order valence-corrected chi connectivity index (χ2v) is 5.19. The summed E-state index contributed by atoms with van der Waals surface area (Å²) in [5.41, 5.74) is 1.42. The fourth-order valence-electron chi connectivity index (χ4n) is 1.76. The third-order valence-electron chi connectivity index (χ3n) is 2.58. The van der Waals surface area contributed by atoms with E-state index in [2.05, 4.69) is 20.9 Å². The van der Waals surface area contributed by atoms with Gasteiger partial charge in [0.15, 0.2) is 0 Å². The van der Waals surface area contributed by atoms with Crippen LogP contribution < -0.4 is 11.2 Å². The van der Waals surface area contributed by atoms with Crippen LogP contribution in [0.3, 0.4) is 0 Å². The predicted molar refractivity (Wildman–Crippen MR) is 74.8 cm³/mol. The number of hydrogen-bond acceptors (Lipinski definition) is 2. The lowest BCUT2D eigenvalue weighted by Crippen LogP contribution is -2.33. The maximum Gasteiger partial charge on any atom is 0.334 e. The number of hydrogen-bond donors (Lipinski definition) is 1. The van der Waals surface area contributed by atoms with Gasteiger partial charge in [0, 0.05) is 10.5 Å². The van der Waals surface area contributed by atoms with E-state index in [4.69, 9.17) is 11.6 Å². The molecule has 1 N–H and O–H groups in total. The summed E-state index contributed by atoms with van der Waals surface area (Å²) in [4.78, 5) is 26.0. The summed E-state index contributed by atoms with van der Waals surface area (Å²) in [7, 11) is 0. The van der Waals surface area contributed by atoms with Crippen LogP contribution in [0, 0.1) is 13.8 Å². The molecule has 0 saturated heterocycles. The van der Waals surface area contributed by atoms with Crippen LogP contribution in [-0.2, 0) is 0 Å². The number of H-pyrrole nitrogens is 1. The molecule has 0 aliphatic rings. The van der Waals surface area contributed by atoms with Gasteiger partial charge in [-0.15, -0.1) is 0 Å². The predicted octanol–water partition coefficient (Wildman–Crippen LogP) is 2.56. The van der Waals surface area contributed by atoms with E-state index in [-0.39, 0.29) is 5.15 Å². The zero-order chi connectivity index (χ0) is 13.4. The van der Waals surface area contributed by atoms with Crippen molar-refractivity contribution in [1.82, 2.24) is 9.55 Å². The fraction of sp³-hybridized carbons (Fsp3) is 0.167. The maximum absolute atomic E-state index is 11.8. The molecule has 18 heavy (non-hydrogen) atoms. The van der Waals surface area contributed by atoms with E-state index < -0.39 is 11.2 Å². The molecule has 0 bridgehead atoms. The molecule has 0 radical (unpaired) electrons. The van der Waals surface area contributed by atoms with Crippen LogP contribution in [0.2, 0.25) is 5.15 Å². The SMILES string of the molecule is Cc1cc(-n2c(=O)cc(Cl)[nH]c2=O)cc(C)c1Br. The molecule has 94 valence electrons. The molecule has 6 heteroatoms. The summed E-state index contributed by atoms with van der Waals surface area (Å²) in [5.74, 6) is 0. The summed E-state index contributed by atoms with van der Waals surface area (Å²) in [6, 6.07) is 4.71. The minimum atomic E-state index is -0.548. The van der Waals surface area contributed by atoms with Gasteiger partial charge in [0.05, 0.1) is 5.69 Å². The van der Waals surface area contributed by atoms with Crippen LogP contribution >= 0.6 is 27.5 Å². The summed E-state index contributed by atoms with van der Waals surface area (Å²) >= 11 is 9.06. The van der Waals surface area contributed by atoms with E-state index in [9.17, 15) is 9.59 Å². The minimum Gasteiger partial charge on any atom is -0.297 e. The Bertz CT molecular complexity index is 679. The molecular formula is C12H10BrClN2O2. The van der Waals surface area contributed by atoms with Crippen molar-refractivity contribution < 1.29 is 0 Å². The van der Waals surface area contributed by atoms with Gasteiger partial charge in [-0.25, -0.2) is 9.36 Å². The second-order valence-electron chi connectivity index (χ2n) is 3.99. The number of aromatic amines is 1. The highest BCUT2D eigenvalue weighted by Crippen LogP contribution is 2.23. The molecule has 0 amide bonds. The molecule has 2 rings (SSSR count). The van der Waals surface area contributed by atoms with E-state index in [0.717, 1.165) is 20.2 Å². The number of benzene rings is 1. The first-order chi connectivity index (χ1) is 8.40. The Morgan fingerprint density at radius 3 is 2.22 bits per heavy atom. The topological polar surface area (TPSA) is 54.9 Å². The van der Waals surface area contributed by atoms with Gasteiger partial charge in [0.2, 0.25) is 0 Å². The molecule has 0 aliphatic carbocycles. The lowest BCUT2D eigenvalue weighted by molar-refractivity contribution is 0.873. The summed E-state index contributed by atoms with van der Waals surface area (Å²) < 4.78 is 2.02. The molecule has 0 fully saturated rings. The van der Waals surface area contributed by atoms with Crippen molar-refractivity contribution in [3.05, 3.63) is 59.8 Å². The van der Waals surface area contributed by atoms with Crippen LogP contribution in [0.5, 0.6) is 0 Å². The van der Waals surface area contributed by atoms with E-state index >= 15 is 0 Å². The maximum atomic E-state index is 11.8. The van der Waals surface area contributed by atoms with Crippen molar-refractivity contribution >= 4 is 27.5 Å². The van der Waals surface area contributed by atoms with Crippen LogP contribution in [-0.4, -0.2) is 9.55 Å².